The van der Waals surface area contributed by atoms with Crippen LogP contribution in [0.25, 0.3) is 11.0 Å². The summed E-state index contributed by atoms with van der Waals surface area (Å²) in [5.41, 5.74) is 1.32. The molecule has 1 aromatic carbocycles. The maximum atomic E-state index is 12.6. The second-order valence-corrected chi connectivity index (χ2v) is 8.37. The van der Waals surface area contributed by atoms with Gasteiger partial charge in [0.15, 0.2) is 0 Å². The van der Waals surface area contributed by atoms with Gasteiger partial charge in [-0.15, -0.1) is 0 Å². The summed E-state index contributed by atoms with van der Waals surface area (Å²) in [7, 11) is 0. The van der Waals surface area contributed by atoms with Crippen LogP contribution >= 0.6 is 0 Å². The van der Waals surface area contributed by atoms with Crippen LogP contribution in [0.1, 0.15) is 53.0 Å². The smallest absolute Gasteiger partial charge is 0.410 e. The zero-order valence-electron chi connectivity index (χ0n) is 17.1. The molecule has 1 aliphatic heterocycles. The van der Waals surface area contributed by atoms with Crippen molar-refractivity contribution in [2.45, 2.75) is 64.6 Å². The van der Waals surface area contributed by atoms with Gasteiger partial charge in [-0.05, 0) is 59.1 Å². The van der Waals surface area contributed by atoms with Crippen LogP contribution in [0, 0.1) is 0 Å². The highest BCUT2D eigenvalue weighted by atomic mass is 16.6. The fourth-order valence-electron chi connectivity index (χ4n) is 3.62. The molecule has 7 heteroatoms. The summed E-state index contributed by atoms with van der Waals surface area (Å²) in [6, 6.07) is 7.53. The maximum absolute atomic E-state index is 12.6. The first-order valence-corrected chi connectivity index (χ1v) is 9.95. The highest BCUT2D eigenvalue weighted by Gasteiger charge is 2.32. The number of aromatic nitrogens is 2. The lowest BCUT2D eigenvalue weighted by Gasteiger charge is -2.28. The number of imidazole rings is 1. The van der Waals surface area contributed by atoms with Crippen molar-refractivity contribution in [2.75, 3.05) is 13.1 Å². The summed E-state index contributed by atoms with van der Waals surface area (Å²) in [5.74, 6) is -0.0510. The van der Waals surface area contributed by atoms with Gasteiger partial charge < -0.3 is 19.5 Å². The van der Waals surface area contributed by atoms with E-state index in [1.165, 1.54) is 0 Å². The molecule has 1 saturated heterocycles. The van der Waals surface area contributed by atoms with Crippen molar-refractivity contribution in [3.05, 3.63) is 30.6 Å². The van der Waals surface area contributed by atoms with Crippen molar-refractivity contribution in [1.82, 2.24) is 19.8 Å². The van der Waals surface area contributed by atoms with Crippen LogP contribution in [0.15, 0.2) is 30.6 Å². The summed E-state index contributed by atoms with van der Waals surface area (Å²) < 4.78 is 7.38. The van der Waals surface area contributed by atoms with Gasteiger partial charge in [-0.25, -0.2) is 9.78 Å². The second kappa shape index (κ2) is 8.20. The van der Waals surface area contributed by atoms with Crippen molar-refractivity contribution in [1.29, 1.82) is 0 Å². The fourth-order valence-corrected chi connectivity index (χ4v) is 3.62. The number of carbonyl (C=O) groups is 2. The Labute approximate surface area is 166 Å². The summed E-state index contributed by atoms with van der Waals surface area (Å²) in [4.78, 5) is 31.1. The Morgan fingerprint density at radius 3 is 2.82 bits per heavy atom. The zero-order valence-corrected chi connectivity index (χ0v) is 17.1. The topological polar surface area (TPSA) is 76.5 Å². The third-order valence-electron chi connectivity index (χ3n) is 5.06. The van der Waals surface area contributed by atoms with Crippen LogP contribution < -0.4 is 5.32 Å². The quantitative estimate of drug-likeness (QED) is 0.853. The molecular formula is C21H30N4O3. The molecule has 2 heterocycles. The molecule has 2 atom stereocenters. The molecule has 2 amide bonds. The number of hydrogen-bond acceptors (Lipinski definition) is 4. The lowest BCUT2D eigenvalue weighted by molar-refractivity contribution is -0.123. The van der Waals surface area contributed by atoms with Crippen molar-refractivity contribution < 1.29 is 14.3 Å². The molecule has 0 bridgehead atoms. The van der Waals surface area contributed by atoms with E-state index in [4.69, 9.17) is 4.74 Å². The molecule has 0 aliphatic carbocycles. The van der Waals surface area contributed by atoms with Gasteiger partial charge in [-0.1, -0.05) is 12.1 Å². The SMILES string of the molecule is C[C@H](C(=O)NCC[C@@H]1CCCN1C(=O)OC(C)(C)C)n1cnc2ccccc21. The lowest BCUT2D eigenvalue weighted by Crippen LogP contribution is -2.41. The lowest BCUT2D eigenvalue weighted by atomic mass is 10.1. The molecule has 0 radical (unpaired) electrons. The monoisotopic (exact) mass is 386 g/mol. The number of amides is 2. The highest BCUT2D eigenvalue weighted by molar-refractivity contribution is 5.83. The number of fused-ring (bicyclic) bond motifs is 1. The van der Waals surface area contributed by atoms with E-state index < -0.39 is 5.60 Å². The van der Waals surface area contributed by atoms with Crippen LogP contribution in [0.2, 0.25) is 0 Å². The van der Waals surface area contributed by atoms with E-state index in [-0.39, 0.29) is 24.1 Å². The van der Waals surface area contributed by atoms with E-state index in [2.05, 4.69) is 10.3 Å². The summed E-state index contributed by atoms with van der Waals surface area (Å²) in [6.45, 7) is 8.73. The van der Waals surface area contributed by atoms with Gasteiger partial charge in [-0.2, -0.15) is 0 Å². The minimum Gasteiger partial charge on any atom is -0.444 e. The third kappa shape index (κ3) is 4.64. The average Bonchev–Trinajstić information content (AvgIpc) is 3.26. The van der Waals surface area contributed by atoms with Gasteiger partial charge in [0, 0.05) is 19.1 Å². The first kappa shape index (κ1) is 20.2. The highest BCUT2D eigenvalue weighted by Crippen LogP contribution is 2.23. The van der Waals surface area contributed by atoms with Gasteiger partial charge in [0.05, 0.1) is 17.4 Å². The standard InChI is InChI=1S/C21H30N4O3/c1-15(25-14-23-17-9-5-6-10-18(17)25)19(26)22-12-11-16-8-7-13-24(16)20(27)28-21(2,3)4/h5-6,9-10,14-16H,7-8,11-13H2,1-4H3,(H,22,26)/t15-,16+/m1/s1. The number of rotatable bonds is 5. The Kier molecular flexibility index (Phi) is 5.91. The Balaban J connectivity index is 1.52. The normalized spacial score (nSPS) is 18.3. The number of likely N-dealkylation sites (tertiary alicyclic amines) is 1. The molecule has 28 heavy (non-hydrogen) atoms. The van der Waals surface area contributed by atoms with Gasteiger partial charge in [0.2, 0.25) is 5.91 Å². The Morgan fingerprint density at radius 2 is 2.07 bits per heavy atom. The van der Waals surface area contributed by atoms with E-state index in [0.717, 1.165) is 30.3 Å². The number of nitrogens with zero attached hydrogens (tertiary/aromatic N) is 3. The fraction of sp³-hybridized carbons (Fsp3) is 0.571. The zero-order chi connectivity index (χ0) is 20.3. The van der Waals surface area contributed by atoms with E-state index >= 15 is 0 Å². The molecule has 152 valence electrons. The van der Waals surface area contributed by atoms with Crippen LogP contribution in [0.4, 0.5) is 4.79 Å². The largest absolute Gasteiger partial charge is 0.444 e. The Morgan fingerprint density at radius 1 is 1.32 bits per heavy atom. The minimum absolute atomic E-state index is 0.0510. The summed E-state index contributed by atoms with van der Waals surface area (Å²) in [6.07, 6.45) is 4.07. The maximum Gasteiger partial charge on any atom is 0.410 e. The first-order chi connectivity index (χ1) is 13.3. The Bertz CT molecular complexity index is 840. The van der Waals surface area contributed by atoms with Crippen molar-refractivity contribution in [2.24, 2.45) is 0 Å². The van der Waals surface area contributed by atoms with E-state index in [9.17, 15) is 9.59 Å². The summed E-state index contributed by atoms with van der Waals surface area (Å²) in [5, 5.41) is 3.00. The van der Waals surface area contributed by atoms with Crippen LogP contribution in [0.3, 0.4) is 0 Å². The van der Waals surface area contributed by atoms with E-state index in [0.29, 0.717) is 13.1 Å². The molecule has 3 rings (SSSR count). The molecule has 1 aromatic heterocycles. The molecule has 1 aliphatic rings. The van der Waals surface area contributed by atoms with E-state index in [1.54, 1.807) is 11.2 Å². The number of para-hydroxylation sites is 2. The number of nitrogens with one attached hydrogen (secondary N) is 1. The number of hydrogen-bond donors (Lipinski definition) is 1. The number of carbonyl (C=O) groups excluding carboxylic acids is 2. The average molecular weight is 386 g/mol. The van der Waals surface area contributed by atoms with Gasteiger partial charge in [0.1, 0.15) is 11.6 Å². The second-order valence-electron chi connectivity index (χ2n) is 8.37. The number of ether oxygens (including phenoxy) is 1. The molecule has 7 nitrogen and oxygen atoms in total. The molecule has 1 fully saturated rings. The van der Waals surface area contributed by atoms with Crippen LogP contribution in [0.5, 0.6) is 0 Å². The van der Waals surface area contributed by atoms with Crippen molar-refractivity contribution in [3.63, 3.8) is 0 Å². The van der Waals surface area contributed by atoms with Crippen molar-refractivity contribution in [3.8, 4) is 0 Å². The van der Waals surface area contributed by atoms with Crippen molar-refractivity contribution >= 4 is 23.0 Å². The van der Waals surface area contributed by atoms with Gasteiger partial charge in [0.25, 0.3) is 0 Å². The number of benzene rings is 1. The Hall–Kier alpha value is -2.57. The molecule has 2 aromatic rings. The molecule has 0 saturated carbocycles. The molecular weight excluding hydrogens is 356 g/mol. The minimum atomic E-state index is -0.499. The predicted molar refractivity (Wildman–Crippen MR) is 108 cm³/mol. The van der Waals surface area contributed by atoms with Crippen LogP contribution in [-0.2, 0) is 9.53 Å². The van der Waals surface area contributed by atoms with Crippen LogP contribution in [-0.4, -0.2) is 51.2 Å². The third-order valence-corrected chi connectivity index (χ3v) is 5.06. The molecule has 0 unspecified atom stereocenters. The molecule has 1 N–H and O–H groups in total. The first-order valence-electron chi connectivity index (χ1n) is 9.95. The molecule has 0 spiro atoms. The summed E-state index contributed by atoms with van der Waals surface area (Å²) >= 11 is 0. The van der Waals surface area contributed by atoms with E-state index in [1.807, 2.05) is 56.5 Å². The van der Waals surface area contributed by atoms with Gasteiger partial charge >= 0.3 is 6.09 Å². The predicted octanol–water partition coefficient (Wildman–Crippen LogP) is 3.50. The van der Waals surface area contributed by atoms with Gasteiger partial charge in [-0.3, -0.25) is 4.79 Å².